The maximum absolute atomic E-state index is 12.2. The molecule has 0 aromatic rings. The molecule has 1 amide bonds. The van der Waals surface area contributed by atoms with Gasteiger partial charge in [-0.15, -0.1) is 0 Å². The van der Waals surface area contributed by atoms with E-state index in [2.05, 4.69) is 11.1 Å². The van der Waals surface area contributed by atoms with Crippen LogP contribution in [0.2, 0.25) is 0 Å². The van der Waals surface area contributed by atoms with E-state index in [9.17, 15) is 23.0 Å². The summed E-state index contributed by atoms with van der Waals surface area (Å²) in [5.74, 6) is -0.130. The Morgan fingerprint density at radius 3 is 1.41 bits per heavy atom. The van der Waals surface area contributed by atoms with Crippen LogP contribution in [0, 0.1) is 0 Å². The van der Waals surface area contributed by atoms with Gasteiger partial charge in [0.15, 0.2) is 6.17 Å². The molecule has 1 atom stereocenters. The number of hydroxylamine groups is 2. The highest BCUT2D eigenvalue weighted by Crippen LogP contribution is 2.16. The van der Waals surface area contributed by atoms with Gasteiger partial charge >= 0.3 is 0 Å². The molecule has 0 saturated heterocycles. The lowest BCUT2D eigenvalue weighted by molar-refractivity contribution is -0.912. The average molecular weight is 511 g/mol. The summed E-state index contributed by atoms with van der Waals surface area (Å²) in [7, 11) is 2.43. The molecule has 0 saturated carbocycles. The highest BCUT2D eigenvalue weighted by Gasteiger charge is 2.31. The lowest BCUT2D eigenvalue weighted by Crippen LogP contribution is -2.55. The fraction of sp³-hybridized carbons (Fsp3) is 0.960. The zero-order chi connectivity index (χ0) is 26.5. The third kappa shape index (κ3) is 23.0. The average Bonchev–Trinajstić information content (AvgIpc) is 2.75. The second kappa shape index (κ2) is 21.5. The van der Waals surface area contributed by atoms with Gasteiger partial charge in [0.25, 0.3) is 5.91 Å². The van der Waals surface area contributed by atoms with E-state index in [4.69, 9.17) is 0 Å². The second-order valence-electron chi connectivity index (χ2n) is 10.0. The van der Waals surface area contributed by atoms with Crippen molar-refractivity contribution in [1.82, 2.24) is 5.06 Å². The summed E-state index contributed by atoms with van der Waals surface area (Å²) < 4.78 is 31.6. The van der Waals surface area contributed by atoms with E-state index in [1.165, 1.54) is 83.5 Å². The van der Waals surface area contributed by atoms with E-state index >= 15 is 0 Å². The van der Waals surface area contributed by atoms with Crippen molar-refractivity contribution in [2.24, 2.45) is 0 Å². The molecule has 0 aliphatic heterocycles. The van der Waals surface area contributed by atoms with Crippen molar-refractivity contribution in [2.75, 3.05) is 28.3 Å². The van der Waals surface area contributed by atoms with Crippen LogP contribution in [0.5, 0.6) is 0 Å². The van der Waals surface area contributed by atoms with Gasteiger partial charge in [-0.1, -0.05) is 104 Å². The van der Waals surface area contributed by atoms with Gasteiger partial charge in [0, 0.05) is 12.8 Å². The fourth-order valence-electron chi connectivity index (χ4n) is 3.98. The van der Waals surface area contributed by atoms with Crippen LogP contribution in [0.3, 0.4) is 0 Å². The van der Waals surface area contributed by atoms with Crippen molar-refractivity contribution in [1.29, 1.82) is 0 Å². The van der Waals surface area contributed by atoms with E-state index < -0.39 is 10.4 Å². The lowest BCUT2D eigenvalue weighted by Gasteiger charge is -2.37. The molecule has 8 nitrogen and oxygen atoms in total. The summed E-state index contributed by atoms with van der Waals surface area (Å²) in [5.41, 5.74) is 0. The first-order valence-electron chi connectivity index (χ1n) is 13.2. The Balaban J connectivity index is 0. The van der Waals surface area contributed by atoms with Crippen LogP contribution >= 0.6 is 0 Å². The summed E-state index contributed by atoms with van der Waals surface area (Å²) in [5, 5.41) is 11.2. The largest absolute Gasteiger partial charge is 0.726 e. The minimum absolute atomic E-state index is 0.130. The normalized spacial score (nSPS) is 12.7. The van der Waals surface area contributed by atoms with Gasteiger partial charge in [0.1, 0.15) is 0 Å². The molecule has 0 fully saturated rings. The summed E-state index contributed by atoms with van der Waals surface area (Å²) in [6.07, 6.45) is 20.9. The van der Waals surface area contributed by atoms with Crippen molar-refractivity contribution in [3.63, 3.8) is 0 Å². The van der Waals surface area contributed by atoms with Gasteiger partial charge in [0.05, 0.1) is 28.3 Å². The van der Waals surface area contributed by atoms with E-state index in [1.54, 1.807) is 0 Å². The SMILES string of the molecule is CCCCCCCCCCCCCCCCCC(=O)N(O)C(CC)[N+](C)(C)C.COS(=O)(=O)[O-]. The molecule has 0 aromatic carbocycles. The van der Waals surface area contributed by atoms with E-state index in [0.29, 0.717) is 10.9 Å². The lowest BCUT2D eigenvalue weighted by atomic mass is 10.0. The van der Waals surface area contributed by atoms with Gasteiger partial charge in [-0.2, -0.15) is 5.06 Å². The maximum Gasteiger partial charge on any atom is 0.251 e. The summed E-state index contributed by atoms with van der Waals surface area (Å²) >= 11 is 0. The predicted octanol–water partition coefficient (Wildman–Crippen LogP) is 6.00. The monoisotopic (exact) mass is 510 g/mol. The van der Waals surface area contributed by atoms with E-state index in [1.807, 2.05) is 28.1 Å². The number of unbranched alkanes of at least 4 members (excludes halogenated alkanes) is 14. The number of quaternary nitrogens is 1. The molecule has 0 rings (SSSR count). The smallest absolute Gasteiger partial charge is 0.251 e. The van der Waals surface area contributed by atoms with Gasteiger partial charge in [0.2, 0.25) is 10.4 Å². The summed E-state index contributed by atoms with van der Waals surface area (Å²) in [4.78, 5) is 12.2. The summed E-state index contributed by atoms with van der Waals surface area (Å²) in [6.45, 7) is 4.29. The van der Waals surface area contributed by atoms with Crippen molar-refractivity contribution in [2.45, 2.75) is 129 Å². The minimum Gasteiger partial charge on any atom is -0.726 e. The molecule has 206 valence electrons. The molecule has 9 heteroatoms. The van der Waals surface area contributed by atoms with Crippen molar-refractivity contribution < 1.29 is 31.6 Å². The van der Waals surface area contributed by atoms with Crippen LogP contribution in [0.15, 0.2) is 0 Å². The van der Waals surface area contributed by atoms with Crippen molar-refractivity contribution in [3.8, 4) is 0 Å². The van der Waals surface area contributed by atoms with Gasteiger partial charge in [-0.05, 0) is 6.42 Å². The first-order chi connectivity index (χ1) is 15.9. The molecule has 0 aliphatic rings. The van der Waals surface area contributed by atoms with Gasteiger partial charge < -0.3 is 9.04 Å². The Labute approximate surface area is 210 Å². The third-order valence-corrected chi connectivity index (χ3v) is 6.40. The molecule has 0 bridgehead atoms. The molecule has 0 radical (unpaired) electrons. The molecule has 1 N–H and O–H groups in total. The van der Waals surface area contributed by atoms with Crippen molar-refractivity contribution >= 4 is 16.3 Å². The second-order valence-corrected chi connectivity index (χ2v) is 11.2. The standard InChI is InChI=1S/C24H51N2O2.CH4O4S/c1-6-8-9-10-11-12-13-14-15-16-17-18-19-20-21-22-24(27)25(28)23(7-2)26(3,4)5;1-5-6(2,3)4/h23,28H,6-22H2,1-5H3;1H3,(H,2,3,4)/q+1;/p-1. The van der Waals surface area contributed by atoms with Crippen LogP contribution < -0.4 is 0 Å². The number of hydrogen-bond donors (Lipinski definition) is 1. The fourth-order valence-corrected chi connectivity index (χ4v) is 3.98. The highest BCUT2D eigenvalue weighted by atomic mass is 32.3. The Hall–Kier alpha value is -0.740. The Bertz CT molecular complexity index is 578. The van der Waals surface area contributed by atoms with Crippen LogP contribution in [0.25, 0.3) is 0 Å². The van der Waals surface area contributed by atoms with Gasteiger partial charge in [-0.25, -0.2) is 8.42 Å². The molecular formula is C25H54N2O6S. The van der Waals surface area contributed by atoms with Crippen LogP contribution in [-0.2, 0) is 19.4 Å². The summed E-state index contributed by atoms with van der Waals surface area (Å²) in [6, 6.07) is 0. The first kappa shape index (κ1) is 35.4. The van der Waals surface area contributed by atoms with Gasteiger partial charge in [-0.3, -0.25) is 14.2 Å². The molecule has 0 aliphatic carbocycles. The highest BCUT2D eigenvalue weighted by molar-refractivity contribution is 7.80. The molecule has 1 unspecified atom stereocenters. The zero-order valence-electron chi connectivity index (χ0n) is 22.9. The Morgan fingerprint density at radius 1 is 0.824 bits per heavy atom. The van der Waals surface area contributed by atoms with Crippen LogP contribution in [0.4, 0.5) is 0 Å². The Morgan fingerprint density at radius 2 is 1.15 bits per heavy atom. The van der Waals surface area contributed by atoms with Crippen molar-refractivity contribution in [3.05, 3.63) is 0 Å². The third-order valence-electron chi connectivity index (χ3n) is 6.00. The van der Waals surface area contributed by atoms with Crippen LogP contribution in [0.1, 0.15) is 123 Å². The maximum atomic E-state index is 12.2. The number of nitrogens with zero attached hydrogens (tertiary/aromatic N) is 2. The number of amides is 1. The number of rotatable bonds is 20. The topological polar surface area (TPSA) is 107 Å². The number of carbonyl (C=O) groups excluding carboxylic acids is 1. The molecule has 0 spiro atoms. The molecular weight excluding hydrogens is 456 g/mol. The van der Waals surface area contributed by atoms with E-state index in [0.717, 1.165) is 31.4 Å². The number of hydrogen-bond acceptors (Lipinski definition) is 6. The molecule has 0 aromatic heterocycles. The van der Waals surface area contributed by atoms with Crippen LogP contribution in [-0.4, -0.2) is 68.0 Å². The predicted molar refractivity (Wildman–Crippen MR) is 137 cm³/mol. The zero-order valence-corrected chi connectivity index (χ0v) is 23.7. The van der Waals surface area contributed by atoms with E-state index in [-0.39, 0.29) is 12.1 Å². The molecule has 34 heavy (non-hydrogen) atoms. The first-order valence-corrected chi connectivity index (χ1v) is 14.6. The number of carbonyl (C=O) groups is 1. The minimum atomic E-state index is -4.41. The Kier molecular flexibility index (Phi) is 22.4. The molecule has 0 heterocycles. The quantitative estimate of drug-likeness (QED) is 0.0409.